The molecule has 1 aliphatic rings. The maximum Gasteiger partial charge on any atom is 0.0586 e. The lowest BCUT2D eigenvalue weighted by molar-refractivity contribution is 0.101. The number of hydrogen-bond donors (Lipinski definition) is 1. The van der Waals surface area contributed by atoms with Gasteiger partial charge in [-0.1, -0.05) is 48.9 Å². The predicted molar refractivity (Wildman–Crippen MR) is 71.8 cm³/mol. The minimum atomic E-state index is 0.291. The minimum absolute atomic E-state index is 0.291. The Morgan fingerprint density at radius 3 is 2.82 bits per heavy atom. The van der Waals surface area contributed by atoms with Crippen molar-refractivity contribution in [3.05, 3.63) is 42.0 Å². The van der Waals surface area contributed by atoms with Crippen LogP contribution in [0.5, 0.6) is 0 Å². The van der Waals surface area contributed by atoms with Crippen LogP contribution in [0.3, 0.4) is 0 Å². The summed E-state index contributed by atoms with van der Waals surface area (Å²) in [6.45, 7) is 2.35. The first kappa shape index (κ1) is 12.3. The van der Waals surface area contributed by atoms with Gasteiger partial charge in [0.25, 0.3) is 0 Å². The zero-order chi connectivity index (χ0) is 11.9. The van der Waals surface area contributed by atoms with E-state index in [9.17, 15) is 5.11 Å². The standard InChI is InChI=1S/C15H21NO/c17-13-15-10-4-5-11-16(15)12-6-9-14-7-2-1-3-8-14/h1-3,6-9,15,17H,4-5,10-13H2/b9-6+. The predicted octanol–water partition coefficient (Wildman–Crippen LogP) is 2.55. The fourth-order valence-electron chi connectivity index (χ4n) is 2.40. The van der Waals surface area contributed by atoms with Crippen molar-refractivity contribution < 1.29 is 5.11 Å². The van der Waals surface area contributed by atoms with Gasteiger partial charge in [-0.2, -0.15) is 0 Å². The molecule has 2 heteroatoms. The minimum Gasteiger partial charge on any atom is -0.395 e. The number of benzene rings is 1. The van der Waals surface area contributed by atoms with Crippen molar-refractivity contribution >= 4 is 6.08 Å². The fourth-order valence-corrected chi connectivity index (χ4v) is 2.40. The van der Waals surface area contributed by atoms with E-state index < -0.39 is 0 Å². The summed E-state index contributed by atoms with van der Waals surface area (Å²) in [5.41, 5.74) is 1.24. The summed E-state index contributed by atoms with van der Waals surface area (Å²) in [7, 11) is 0. The van der Waals surface area contributed by atoms with Crippen LogP contribution in [0.4, 0.5) is 0 Å². The second-order valence-electron chi connectivity index (χ2n) is 4.64. The molecule has 0 amide bonds. The van der Waals surface area contributed by atoms with Crippen molar-refractivity contribution in [2.45, 2.75) is 25.3 Å². The fraction of sp³-hybridized carbons (Fsp3) is 0.467. The molecular weight excluding hydrogens is 210 g/mol. The molecule has 1 saturated heterocycles. The summed E-state index contributed by atoms with van der Waals surface area (Å²) in [6.07, 6.45) is 8.00. The molecule has 0 aliphatic carbocycles. The monoisotopic (exact) mass is 231 g/mol. The van der Waals surface area contributed by atoms with Gasteiger partial charge in [0.1, 0.15) is 0 Å². The van der Waals surface area contributed by atoms with Gasteiger partial charge in [0.05, 0.1) is 6.61 Å². The molecule has 1 atom stereocenters. The second-order valence-corrected chi connectivity index (χ2v) is 4.64. The summed E-state index contributed by atoms with van der Waals surface area (Å²) < 4.78 is 0. The SMILES string of the molecule is OCC1CCCCN1C/C=C/c1ccccc1. The third-order valence-corrected chi connectivity index (χ3v) is 3.41. The van der Waals surface area contributed by atoms with Gasteiger partial charge in [0.2, 0.25) is 0 Å². The highest BCUT2D eigenvalue weighted by atomic mass is 16.3. The Balaban J connectivity index is 1.86. The van der Waals surface area contributed by atoms with Gasteiger partial charge in [-0.25, -0.2) is 0 Å². The molecule has 1 N–H and O–H groups in total. The molecule has 2 rings (SSSR count). The Morgan fingerprint density at radius 2 is 2.06 bits per heavy atom. The van der Waals surface area contributed by atoms with Crippen molar-refractivity contribution in [2.24, 2.45) is 0 Å². The highest BCUT2D eigenvalue weighted by molar-refractivity contribution is 5.48. The van der Waals surface area contributed by atoms with Gasteiger partial charge < -0.3 is 5.11 Å². The zero-order valence-electron chi connectivity index (χ0n) is 10.3. The van der Waals surface area contributed by atoms with Gasteiger partial charge in [0, 0.05) is 12.6 Å². The summed E-state index contributed by atoms with van der Waals surface area (Å²) in [4.78, 5) is 2.38. The summed E-state index contributed by atoms with van der Waals surface area (Å²) in [6, 6.07) is 10.7. The summed E-state index contributed by atoms with van der Waals surface area (Å²) in [5, 5.41) is 9.31. The van der Waals surface area contributed by atoms with E-state index in [1.165, 1.54) is 18.4 Å². The lowest BCUT2D eigenvalue weighted by atomic mass is 10.0. The number of nitrogens with zero attached hydrogens (tertiary/aromatic N) is 1. The average Bonchev–Trinajstić information content (AvgIpc) is 2.40. The smallest absolute Gasteiger partial charge is 0.0586 e. The third kappa shape index (κ3) is 3.69. The molecule has 1 fully saturated rings. The summed E-state index contributed by atoms with van der Waals surface area (Å²) in [5.74, 6) is 0. The van der Waals surface area contributed by atoms with Crippen molar-refractivity contribution in [1.29, 1.82) is 0 Å². The van der Waals surface area contributed by atoms with E-state index >= 15 is 0 Å². The summed E-state index contributed by atoms with van der Waals surface area (Å²) >= 11 is 0. The van der Waals surface area contributed by atoms with E-state index in [0.29, 0.717) is 12.6 Å². The molecular formula is C15H21NO. The number of hydrogen-bond acceptors (Lipinski definition) is 2. The van der Waals surface area contributed by atoms with Crippen molar-refractivity contribution in [3.8, 4) is 0 Å². The van der Waals surface area contributed by atoms with Crippen LogP contribution in [-0.2, 0) is 0 Å². The van der Waals surface area contributed by atoms with E-state index in [0.717, 1.165) is 19.5 Å². The Hall–Kier alpha value is -1.12. The average molecular weight is 231 g/mol. The van der Waals surface area contributed by atoms with Crippen molar-refractivity contribution in [2.75, 3.05) is 19.7 Å². The molecule has 1 aromatic carbocycles. The third-order valence-electron chi connectivity index (χ3n) is 3.41. The molecule has 17 heavy (non-hydrogen) atoms. The van der Waals surface area contributed by atoms with Crippen LogP contribution in [0.1, 0.15) is 24.8 Å². The number of rotatable bonds is 4. The van der Waals surface area contributed by atoms with Gasteiger partial charge in [-0.15, -0.1) is 0 Å². The van der Waals surface area contributed by atoms with Gasteiger partial charge in [-0.3, -0.25) is 4.90 Å². The maximum absolute atomic E-state index is 9.31. The van der Waals surface area contributed by atoms with E-state index in [1.807, 2.05) is 6.07 Å². The topological polar surface area (TPSA) is 23.5 Å². The van der Waals surface area contributed by atoms with E-state index in [-0.39, 0.29) is 0 Å². The number of aliphatic hydroxyl groups is 1. The van der Waals surface area contributed by atoms with Crippen LogP contribution < -0.4 is 0 Å². The Bertz CT molecular complexity index is 347. The number of aliphatic hydroxyl groups excluding tert-OH is 1. The number of likely N-dealkylation sites (tertiary alicyclic amines) is 1. The largest absolute Gasteiger partial charge is 0.395 e. The lowest BCUT2D eigenvalue weighted by Gasteiger charge is -2.33. The van der Waals surface area contributed by atoms with E-state index in [4.69, 9.17) is 0 Å². The van der Waals surface area contributed by atoms with Crippen LogP contribution in [0.2, 0.25) is 0 Å². The molecule has 1 aliphatic heterocycles. The Labute approximate surface area is 104 Å². The lowest BCUT2D eigenvalue weighted by Crippen LogP contribution is -2.41. The molecule has 2 nitrogen and oxygen atoms in total. The molecule has 1 aromatic rings. The van der Waals surface area contributed by atoms with Crippen molar-refractivity contribution in [3.63, 3.8) is 0 Å². The molecule has 0 radical (unpaired) electrons. The molecule has 0 saturated carbocycles. The van der Waals surface area contributed by atoms with Crippen LogP contribution in [-0.4, -0.2) is 35.7 Å². The first-order chi connectivity index (χ1) is 8.40. The van der Waals surface area contributed by atoms with Crippen LogP contribution in [0.15, 0.2) is 36.4 Å². The molecule has 0 aromatic heterocycles. The van der Waals surface area contributed by atoms with Crippen LogP contribution >= 0.6 is 0 Å². The Morgan fingerprint density at radius 1 is 1.24 bits per heavy atom. The Kier molecular flexibility index (Phi) is 4.77. The molecule has 1 heterocycles. The van der Waals surface area contributed by atoms with Gasteiger partial charge in [-0.05, 0) is 24.9 Å². The van der Waals surface area contributed by atoms with E-state index in [2.05, 4.69) is 41.3 Å². The quantitative estimate of drug-likeness (QED) is 0.861. The van der Waals surface area contributed by atoms with E-state index in [1.54, 1.807) is 0 Å². The number of piperidine rings is 1. The van der Waals surface area contributed by atoms with Gasteiger partial charge in [0.15, 0.2) is 0 Å². The highest BCUT2D eigenvalue weighted by Crippen LogP contribution is 2.16. The van der Waals surface area contributed by atoms with Crippen molar-refractivity contribution in [1.82, 2.24) is 4.90 Å². The molecule has 92 valence electrons. The van der Waals surface area contributed by atoms with Gasteiger partial charge >= 0.3 is 0 Å². The second kappa shape index (κ2) is 6.58. The maximum atomic E-state index is 9.31. The first-order valence-electron chi connectivity index (χ1n) is 6.46. The molecule has 0 bridgehead atoms. The molecule has 1 unspecified atom stereocenters. The highest BCUT2D eigenvalue weighted by Gasteiger charge is 2.19. The molecule has 0 spiro atoms. The first-order valence-corrected chi connectivity index (χ1v) is 6.46. The van der Waals surface area contributed by atoms with Crippen LogP contribution in [0, 0.1) is 0 Å². The van der Waals surface area contributed by atoms with Crippen LogP contribution in [0.25, 0.3) is 6.08 Å². The zero-order valence-corrected chi connectivity index (χ0v) is 10.3. The normalized spacial score (nSPS) is 22.1.